The van der Waals surface area contributed by atoms with Gasteiger partial charge in [-0.3, -0.25) is 0 Å². The van der Waals surface area contributed by atoms with Crippen molar-refractivity contribution >= 4 is 52.9 Å². The van der Waals surface area contributed by atoms with Gasteiger partial charge in [-0.15, -0.1) is 35.3 Å². The molecule has 1 aromatic carbocycles. The highest BCUT2D eigenvalue weighted by Crippen LogP contribution is 2.25. The summed E-state index contributed by atoms with van der Waals surface area (Å²) in [7, 11) is 0. The van der Waals surface area contributed by atoms with Crippen LogP contribution in [0.5, 0.6) is 5.75 Å². The van der Waals surface area contributed by atoms with Crippen LogP contribution in [0.15, 0.2) is 23.2 Å². The number of hydrogen-bond donors (Lipinski definition) is 2. The SMILES string of the molecule is CCNC(=NCc1cc(Cl)ccc1OC(F)F)NCc1sc(C)nc1C.I. The van der Waals surface area contributed by atoms with Crippen molar-refractivity contribution in [3.8, 4) is 5.75 Å². The van der Waals surface area contributed by atoms with Crippen LogP contribution in [-0.4, -0.2) is 24.1 Å². The molecule has 0 saturated heterocycles. The first-order valence-corrected chi connectivity index (χ1v) is 9.26. The molecular weight excluding hydrogens is 509 g/mol. The third-order valence-corrected chi connectivity index (χ3v) is 4.71. The normalized spacial score (nSPS) is 11.3. The number of aromatic nitrogens is 1. The number of nitrogens with one attached hydrogen (secondary N) is 2. The number of nitrogens with zero attached hydrogens (tertiary/aromatic N) is 2. The lowest BCUT2D eigenvalue weighted by Gasteiger charge is -2.13. The van der Waals surface area contributed by atoms with Gasteiger partial charge >= 0.3 is 6.61 Å². The van der Waals surface area contributed by atoms with Crippen molar-refractivity contribution in [2.45, 2.75) is 40.5 Å². The van der Waals surface area contributed by atoms with Gasteiger partial charge in [0.2, 0.25) is 0 Å². The van der Waals surface area contributed by atoms with Crippen molar-refractivity contribution in [1.29, 1.82) is 0 Å². The highest BCUT2D eigenvalue weighted by atomic mass is 127. The van der Waals surface area contributed by atoms with Crippen molar-refractivity contribution < 1.29 is 13.5 Å². The minimum absolute atomic E-state index is 0. The summed E-state index contributed by atoms with van der Waals surface area (Å²) >= 11 is 7.59. The molecule has 0 unspecified atom stereocenters. The predicted octanol–water partition coefficient (Wildman–Crippen LogP) is 4.89. The van der Waals surface area contributed by atoms with Crippen LogP contribution in [0, 0.1) is 13.8 Å². The van der Waals surface area contributed by atoms with E-state index < -0.39 is 6.61 Å². The molecule has 0 aliphatic heterocycles. The van der Waals surface area contributed by atoms with E-state index in [1.807, 2.05) is 20.8 Å². The van der Waals surface area contributed by atoms with Gasteiger partial charge in [-0.2, -0.15) is 8.78 Å². The van der Waals surface area contributed by atoms with Crippen LogP contribution in [0.3, 0.4) is 0 Å². The summed E-state index contributed by atoms with van der Waals surface area (Å²) in [5.41, 5.74) is 1.47. The highest BCUT2D eigenvalue weighted by Gasteiger charge is 2.11. The van der Waals surface area contributed by atoms with Gasteiger partial charge in [0.15, 0.2) is 5.96 Å². The lowest BCUT2D eigenvalue weighted by atomic mass is 10.2. The summed E-state index contributed by atoms with van der Waals surface area (Å²) in [6.45, 7) is 4.38. The summed E-state index contributed by atoms with van der Waals surface area (Å²) in [5, 5.41) is 7.79. The van der Waals surface area contributed by atoms with E-state index in [4.69, 9.17) is 11.6 Å². The van der Waals surface area contributed by atoms with Crippen LogP contribution < -0.4 is 15.4 Å². The Morgan fingerprint density at radius 2 is 2.07 bits per heavy atom. The lowest BCUT2D eigenvalue weighted by Crippen LogP contribution is -2.36. The second kappa shape index (κ2) is 11.6. The number of benzene rings is 1. The zero-order chi connectivity index (χ0) is 19.1. The number of rotatable bonds is 7. The Hall–Kier alpha value is -1.20. The summed E-state index contributed by atoms with van der Waals surface area (Å²) in [4.78, 5) is 9.96. The molecule has 0 spiro atoms. The molecule has 0 fully saturated rings. The molecule has 2 rings (SSSR count). The molecule has 1 heterocycles. The quantitative estimate of drug-likeness (QED) is 0.304. The van der Waals surface area contributed by atoms with Gasteiger partial charge in [-0.1, -0.05) is 11.6 Å². The fraction of sp³-hybridized carbons (Fsp3) is 0.412. The second-order valence-electron chi connectivity index (χ2n) is 5.42. The van der Waals surface area contributed by atoms with E-state index in [0.29, 0.717) is 29.6 Å². The van der Waals surface area contributed by atoms with Crippen LogP contribution in [0.2, 0.25) is 5.02 Å². The first-order valence-electron chi connectivity index (χ1n) is 8.07. The molecule has 0 atom stereocenters. The third-order valence-electron chi connectivity index (χ3n) is 3.41. The van der Waals surface area contributed by atoms with E-state index in [1.54, 1.807) is 17.4 Å². The van der Waals surface area contributed by atoms with Gasteiger partial charge in [-0.25, -0.2) is 9.98 Å². The molecule has 1 aromatic heterocycles. The number of thiazole rings is 1. The molecule has 0 saturated carbocycles. The second-order valence-corrected chi connectivity index (χ2v) is 7.14. The minimum Gasteiger partial charge on any atom is -0.434 e. The van der Waals surface area contributed by atoms with Gasteiger partial charge in [0.05, 0.1) is 23.8 Å². The van der Waals surface area contributed by atoms with Crippen LogP contribution in [0.4, 0.5) is 8.78 Å². The van der Waals surface area contributed by atoms with Crippen molar-refractivity contribution in [1.82, 2.24) is 15.6 Å². The van der Waals surface area contributed by atoms with Gasteiger partial charge in [0.25, 0.3) is 0 Å². The number of aryl methyl sites for hydroxylation is 2. The van der Waals surface area contributed by atoms with Gasteiger partial charge in [-0.05, 0) is 39.0 Å². The third kappa shape index (κ3) is 7.74. The van der Waals surface area contributed by atoms with Crippen LogP contribution in [0.25, 0.3) is 0 Å². The molecule has 2 N–H and O–H groups in total. The maximum atomic E-state index is 12.5. The molecule has 5 nitrogen and oxygen atoms in total. The number of halogens is 4. The first-order chi connectivity index (χ1) is 12.4. The number of ether oxygens (including phenoxy) is 1. The summed E-state index contributed by atoms with van der Waals surface area (Å²) in [6, 6.07) is 4.50. The molecule has 27 heavy (non-hydrogen) atoms. The van der Waals surface area contributed by atoms with Gasteiger partial charge in [0.1, 0.15) is 5.75 Å². The maximum Gasteiger partial charge on any atom is 0.387 e. The van der Waals surface area contributed by atoms with Gasteiger partial charge in [0, 0.05) is 22.0 Å². The fourth-order valence-corrected chi connectivity index (χ4v) is 3.36. The molecule has 0 amide bonds. The molecule has 2 aromatic rings. The predicted molar refractivity (Wildman–Crippen MR) is 117 cm³/mol. The molecular formula is C17H22ClF2IN4OS. The first kappa shape index (κ1) is 23.8. The van der Waals surface area contributed by atoms with Crippen molar-refractivity contribution in [3.05, 3.63) is 44.4 Å². The van der Waals surface area contributed by atoms with Crippen LogP contribution >= 0.6 is 46.9 Å². The zero-order valence-electron chi connectivity index (χ0n) is 15.2. The molecule has 10 heteroatoms. The standard InChI is InChI=1S/C17H21ClF2N4OS.HI/c1-4-21-17(23-9-15-10(2)24-11(3)26-15)22-8-12-7-13(18)5-6-14(12)25-16(19)20;/h5-7,16H,4,8-9H2,1-3H3,(H2,21,22,23);1H. The van der Waals surface area contributed by atoms with Crippen LogP contribution in [0.1, 0.15) is 28.1 Å². The minimum atomic E-state index is -2.90. The number of hydrogen-bond acceptors (Lipinski definition) is 4. The number of guanidine groups is 1. The summed E-state index contributed by atoms with van der Waals surface area (Å²) in [6.07, 6.45) is 0. The van der Waals surface area contributed by atoms with Gasteiger partial charge < -0.3 is 15.4 Å². The lowest BCUT2D eigenvalue weighted by molar-refractivity contribution is -0.0504. The maximum absolute atomic E-state index is 12.5. The van der Waals surface area contributed by atoms with E-state index in [1.165, 1.54) is 12.1 Å². The summed E-state index contributed by atoms with van der Waals surface area (Å²) < 4.78 is 29.6. The summed E-state index contributed by atoms with van der Waals surface area (Å²) in [5.74, 6) is 0.638. The average Bonchev–Trinajstić information content (AvgIpc) is 2.89. The number of aliphatic imine (C=N–C) groups is 1. The van der Waals surface area contributed by atoms with Crippen molar-refractivity contribution in [2.75, 3.05) is 6.54 Å². The molecule has 0 aliphatic rings. The van der Waals surface area contributed by atoms with E-state index in [-0.39, 0.29) is 36.3 Å². The van der Waals surface area contributed by atoms with Crippen LogP contribution in [-0.2, 0) is 13.1 Å². The van der Waals surface area contributed by atoms with E-state index in [0.717, 1.165) is 15.6 Å². The Kier molecular flexibility index (Phi) is 10.2. The topological polar surface area (TPSA) is 58.5 Å². The smallest absolute Gasteiger partial charge is 0.387 e. The number of alkyl halides is 2. The molecule has 0 bridgehead atoms. The Morgan fingerprint density at radius 3 is 2.67 bits per heavy atom. The monoisotopic (exact) mass is 530 g/mol. The van der Waals surface area contributed by atoms with Crippen molar-refractivity contribution in [3.63, 3.8) is 0 Å². The van der Waals surface area contributed by atoms with E-state index >= 15 is 0 Å². The average molecular weight is 531 g/mol. The van der Waals surface area contributed by atoms with Crippen molar-refractivity contribution in [2.24, 2.45) is 4.99 Å². The fourth-order valence-electron chi connectivity index (χ4n) is 2.29. The molecule has 150 valence electrons. The van der Waals surface area contributed by atoms with E-state index in [2.05, 4.69) is 25.3 Å². The largest absolute Gasteiger partial charge is 0.434 e. The molecule has 0 radical (unpaired) electrons. The Morgan fingerprint density at radius 1 is 1.33 bits per heavy atom. The Bertz CT molecular complexity index is 773. The highest BCUT2D eigenvalue weighted by molar-refractivity contribution is 14.0. The molecule has 0 aliphatic carbocycles. The Labute approximate surface area is 183 Å². The Balaban J connectivity index is 0.00000364. The van der Waals surface area contributed by atoms with E-state index in [9.17, 15) is 8.78 Å². The zero-order valence-corrected chi connectivity index (χ0v) is 19.1.